The molecular formula is C12H9NO6. The van der Waals surface area contributed by atoms with Crippen LogP contribution in [0.5, 0.6) is 5.75 Å². The molecule has 0 bridgehead atoms. The first-order valence-corrected chi connectivity index (χ1v) is 5.22. The van der Waals surface area contributed by atoms with Crippen LogP contribution in [0, 0.1) is 0 Å². The summed E-state index contributed by atoms with van der Waals surface area (Å²) in [6.45, 7) is -0.519. The van der Waals surface area contributed by atoms with Crippen LogP contribution in [0.15, 0.2) is 29.1 Å². The third kappa shape index (κ3) is 2.71. The Morgan fingerprint density at radius 3 is 2.58 bits per heavy atom. The quantitative estimate of drug-likeness (QED) is 0.747. The van der Waals surface area contributed by atoms with E-state index >= 15 is 0 Å². The zero-order valence-corrected chi connectivity index (χ0v) is 9.54. The third-order valence-corrected chi connectivity index (χ3v) is 2.39. The Balaban J connectivity index is 2.48. The molecular weight excluding hydrogens is 254 g/mol. The van der Waals surface area contributed by atoms with Crippen LogP contribution in [-0.4, -0.2) is 33.7 Å². The molecule has 1 heterocycles. The van der Waals surface area contributed by atoms with Crippen LogP contribution < -0.4 is 10.2 Å². The van der Waals surface area contributed by atoms with E-state index in [1.54, 1.807) is 0 Å². The van der Waals surface area contributed by atoms with E-state index in [-0.39, 0.29) is 17.0 Å². The molecule has 0 aliphatic heterocycles. The van der Waals surface area contributed by atoms with Crippen molar-refractivity contribution in [1.29, 1.82) is 0 Å². The first kappa shape index (κ1) is 12.6. The van der Waals surface area contributed by atoms with Crippen molar-refractivity contribution >= 4 is 22.8 Å². The van der Waals surface area contributed by atoms with Gasteiger partial charge < -0.3 is 19.9 Å². The van der Waals surface area contributed by atoms with Crippen molar-refractivity contribution in [3.8, 4) is 5.75 Å². The topological polar surface area (TPSA) is 117 Å². The molecule has 0 saturated heterocycles. The fourth-order valence-corrected chi connectivity index (χ4v) is 1.58. The lowest BCUT2D eigenvalue weighted by molar-refractivity contribution is -0.139. The molecule has 2 rings (SSSR count). The number of aromatic amines is 1. The molecule has 3 N–H and O–H groups in total. The number of fused-ring (bicyclic) bond motifs is 1. The van der Waals surface area contributed by atoms with Crippen LogP contribution in [0.25, 0.3) is 10.9 Å². The molecule has 7 heteroatoms. The molecule has 0 fully saturated rings. The Labute approximate surface area is 106 Å². The molecule has 0 atom stereocenters. The van der Waals surface area contributed by atoms with Gasteiger partial charge in [0.05, 0.1) is 5.52 Å². The minimum atomic E-state index is -1.25. The van der Waals surface area contributed by atoms with Crippen LogP contribution in [-0.2, 0) is 4.79 Å². The summed E-state index contributed by atoms with van der Waals surface area (Å²) < 4.78 is 4.95. The van der Waals surface area contributed by atoms with E-state index in [2.05, 4.69) is 4.98 Å². The summed E-state index contributed by atoms with van der Waals surface area (Å²) in [7, 11) is 0. The summed E-state index contributed by atoms with van der Waals surface area (Å²) in [6, 6.07) is 5.26. The minimum absolute atomic E-state index is 0.230. The van der Waals surface area contributed by atoms with E-state index in [0.29, 0.717) is 5.39 Å². The highest BCUT2D eigenvalue weighted by atomic mass is 16.5. The lowest BCUT2D eigenvalue weighted by Crippen LogP contribution is -2.11. The van der Waals surface area contributed by atoms with Gasteiger partial charge in [0.25, 0.3) is 0 Å². The summed E-state index contributed by atoms with van der Waals surface area (Å²) in [6.07, 6.45) is 0. The number of aliphatic carboxylic acids is 1. The first-order chi connectivity index (χ1) is 8.97. The summed E-state index contributed by atoms with van der Waals surface area (Å²) in [5.74, 6) is -2.16. The predicted octanol–water partition coefficient (Wildman–Crippen LogP) is 0.690. The number of nitrogens with one attached hydrogen (secondary N) is 1. The normalized spacial score (nSPS) is 10.3. The second-order valence-corrected chi connectivity index (χ2v) is 3.74. The van der Waals surface area contributed by atoms with Crippen molar-refractivity contribution in [2.45, 2.75) is 0 Å². The van der Waals surface area contributed by atoms with E-state index in [0.717, 1.165) is 6.07 Å². The van der Waals surface area contributed by atoms with Crippen molar-refractivity contribution in [2.24, 2.45) is 0 Å². The van der Waals surface area contributed by atoms with Crippen molar-refractivity contribution < 1.29 is 24.5 Å². The molecule has 0 aliphatic rings. The van der Waals surface area contributed by atoms with Gasteiger partial charge in [0.1, 0.15) is 11.4 Å². The Bertz CT molecular complexity index is 718. The number of H-pyrrole nitrogens is 1. The molecule has 0 saturated carbocycles. The minimum Gasteiger partial charge on any atom is -0.482 e. The van der Waals surface area contributed by atoms with E-state index < -0.39 is 24.0 Å². The predicted molar refractivity (Wildman–Crippen MR) is 64.7 cm³/mol. The number of hydrogen-bond acceptors (Lipinski definition) is 4. The molecule has 0 spiro atoms. The fourth-order valence-electron chi connectivity index (χ4n) is 1.58. The number of benzene rings is 1. The van der Waals surface area contributed by atoms with E-state index in [1.807, 2.05) is 0 Å². The monoisotopic (exact) mass is 263 g/mol. The van der Waals surface area contributed by atoms with E-state index in [1.165, 1.54) is 18.2 Å². The van der Waals surface area contributed by atoms with Gasteiger partial charge in [0.15, 0.2) is 12.0 Å². The number of aromatic nitrogens is 1. The van der Waals surface area contributed by atoms with Crippen molar-refractivity contribution in [2.75, 3.05) is 6.61 Å². The Kier molecular flexibility index (Phi) is 3.19. The first-order valence-electron chi connectivity index (χ1n) is 5.22. The van der Waals surface area contributed by atoms with Crippen molar-refractivity contribution in [3.05, 3.63) is 40.2 Å². The lowest BCUT2D eigenvalue weighted by atomic mass is 10.2. The molecule has 19 heavy (non-hydrogen) atoms. The largest absolute Gasteiger partial charge is 0.482 e. The Morgan fingerprint density at radius 1 is 1.21 bits per heavy atom. The van der Waals surface area contributed by atoms with Crippen LogP contribution in [0.2, 0.25) is 0 Å². The zero-order chi connectivity index (χ0) is 14.0. The number of carboxylic acids is 2. The molecule has 0 aliphatic carbocycles. The summed E-state index contributed by atoms with van der Waals surface area (Å²) in [5, 5.41) is 17.6. The van der Waals surface area contributed by atoms with Gasteiger partial charge in [0.2, 0.25) is 0 Å². The Morgan fingerprint density at radius 2 is 1.95 bits per heavy atom. The van der Waals surface area contributed by atoms with Crippen LogP contribution >= 0.6 is 0 Å². The summed E-state index contributed by atoms with van der Waals surface area (Å²) in [5.41, 5.74) is -0.406. The highest BCUT2D eigenvalue weighted by Crippen LogP contribution is 2.17. The maximum atomic E-state index is 11.7. The highest BCUT2D eigenvalue weighted by molar-refractivity contribution is 5.90. The number of carboxylic acid groups (broad SMARTS) is 2. The van der Waals surface area contributed by atoms with Gasteiger partial charge in [-0.3, -0.25) is 4.79 Å². The SMILES string of the molecule is O=C(O)COc1ccc2c(=O)cc(C(=O)O)[nH]c2c1. The Hall–Kier alpha value is -2.83. The van der Waals surface area contributed by atoms with Crippen LogP contribution in [0.1, 0.15) is 10.5 Å². The molecule has 1 aromatic carbocycles. The van der Waals surface area contributed by atoms with Gasteiger partial charge in [-0.05, 0) is 12.1 Å². The second-order valence-electron chi connectivity index (χ2n) is 3.74. The maximum Gasteiger partial charge on any atom is 0.352 e. The van der Waals surface area contributed by atoms with Gasteiger partial charge in [-0.2, -0.15) is 0 Å². The zero-order valence-electron chi connectivity index (χ0n) is 9.54. The van der Waals surface area contributed by atoms with Crippen LogP contribution in [0.3, 0.4) is 0 Å². The number of rotatable bonds is 4. The number of ether oxygens (including phenoxy) is 1. The van der Waals surface area contributed by atoms with Gasteiger partial charge in [-0.1, -0.05) is 0 Å². The average molecular weight is 263 g/mol. The standard InChI is InChI=1S/C12H9NO6/c14-10-4-9(12(17)18)13-8-3-6(1-2-7(8)10)19-5-11(15)16/h1-4H,5H2,(H,13,14)(H,15,16)(H,17,18). The number of hydrogen-bond donors (Lipinski definition) is 3. The highest BCUT2D eigenvalue weighted by Gasteiger charge is 2.09. The third-order valence-electron chi connectivity index (χ3n) is 2.39. The van der Waals surface area contributed by atoms with Gasteiger partial charge in [0, 0.05) is 17.5 Å². The molecule has 7 nitrogen and oxygen atoms in total. The molecule has 0 unspecified atom stereocenters. The molecule has 0 amide bonds. The number of aromatic carboxylic acids is 1. The lowest BCUT2D eigenvalue weighted by Gasteiger charge is -2.05. The summed E-state index contributed by atoms with van der Waals surface area (Å²) >= 11 is 0. The molecule has 1 aromatic heterocycles. The second kappa shape index (κ2) is 4.81. The van der Waals surface area contributed by atoms with Crippen molar-refractivity contribution in [1.82, 2.24) is 4.98 Å². The number of pyridine rings is 1. The van der Waals surface area contributed by atoms with Gasteiger partial charge >= 0.3 is 11.9 Å². The van der Waals surface area contributed by atoms with Gasteiger partial charge in [-0.15, -0.1) is 0 Å². The molecule has 2 aromatic rings. The number of carbonyl (C=O) groups is 2. The average Bonchev–Trinajstić information content (AvgIpc) is 2.35. The fraction of sp³-hybridized carbons (Fsp3) is 0.0833. The van der Waals surface area contributed by atoms with Crippen LogP contribution in [0.4, 0.5) is 0 Å². The molecule has 0 radical (unpaired) electrons. The smallest absolute Gasteiger partial charge is 0.352 e. The van der Waals surface area contributed by atoms with E-state index in [9.17, 15) is 14.4 Å². The maximum absolute atomic E-state index is 11.7. The van der Waals surface area contributed by atoms with Crippen molar-refractivity contribution in [3.63, 3.8) is 0 Å². The molecule has 98 valence electrons. The summed E-state index contributed by atoms with van der Waals surface area (Å²) in [4.78, 5) is 35.4. The van der Waals surface area contributed by atoms with E-state index in [4.69, 9.17) is 14.9 Å². The van der Waals surface area contributed by atoms with Gasteiger partial charge in [-0.25, -0.2) is 9.59 Å².